The van der Waals surface area contributed by atoms with Crippen molar-refractivity contribution in [2.24, 2.45) is 0 Å². The van der Waals surface area contributed by atoms with Crippen LogP contribution in [0.5, 0.6) is 0 Å². The molecular formula is C19H14FN3S. The van der Waals surface area contributed by atoms with Crippen molar-refractivity contribution in [1.82, 2.24) is 15.0 Å². The van der Waals surface area contributed by atoms with E-state index in [2.05, 4.69) is 9.97 Å². The van der Waals surface area contributed by atoms with Crippen LogP contribution in [0.2, 0.25) is 0 Å². The summed E-state index contributed by atoms with van der Waals surface area (Å²) in [6, 6.07) is 16.4. The number of nitrogens with one attached hydrogen (secondary N) is 1. The number of imidazole rings is 1. The predicted octanol–water partition coefficient (Wildman–Crippen LogP) is 5.31. The van der Waals surface area contributed by atoms with Gasteiger partial charge in [0.05, 0.1) is 5.69 Å². The number of hydrogen-bond acceptors (Lipinski definition) is 3. The number of thiazole rings is 1. The number of aromatic amines is 1. The third kappa shape index (κ3) is 2.74. The molecule has 0 aliphatic rings. The minimum Gasteiger partial charge on any atom is -0.340 e. The number of benzene rings is 2. The zero-order valence-electron chi connectivity index (χ0n) is 13.0. The molecule has 0 saturated carbocycles. The van der Waals surface area contributed by atoms with Crippen molar-refractivity contribution in [1.29, 1.82) is 0 Å². The molecule has 0 aliphatic carbocycles. The molecule has 118 valence electrons. The Hall–Kier alpha value is -2.79. The molecule has 0 bridgehead atoms. The second-order valence-corrected chi connectivity index (χ2v) is 6.33. The number of nitrogens with zero attached hydrogens (tertiary/aromatic N) is 2. The molecule has 0 radical (unpaired) electrons. The first-order valence-corrected chi connectivity index (χ1v) is 8.42. The Morgan fingerprint density at radius 3 is 2.42 bits per heavy atom. The van der Waals surface area contributed by atoms with Gasteiger partial charge in [-0.1, -0.05) is 30.3 Å². The van der Waals surface area contributed by atoms with Crippen LogP contribution in [0.3, 0.4) is 0 Å². The molecule has 2 aromatic heterocycles. The fourth-order valence-corrected chi connectivity index (χ4v) is 3.38. The van der Waals surface area contributed by atoms with Gasteiger partial charge in [-0.3, -0.25) is 0 Å². The number of rotatable bonds is 3. The van der Waals surface area contributed by atoms with Crippen LogP contribution < -0.4 is 0 Å². The lowest BCUT2D eigenvalue weighted by Gasteiger charge is -1.96. The zero-order chi connectivity index (χ0) is 16.5. The number of halogens is 1. The van der Waals surface area contributed by atoms with Gasteiger partial charge in [0.25, 0.3) is 0 Å². The smallest absolute Gasteiger partial charge is 0.157 e. The Kier molecular flexibility index (Phi) is 3.70. The summed E-state index contributed by atoms with van der Waals surface area (Å²) >= 11 is 1.52. The molecule has 3 nitrogen and oxygen atoms in total. The summed E-state index contributed by atoms with van der Waals surface area (Å²) < 4.78 is 13.0. The van der Waals surface area contributed by atoms with Gasteiger partial charge in [-0.25, -0.2) is 14.4 Å². The van der Waals surface area contributed by atoms with Crippen LogP contribution in [0.15, 0.2) is 60.0 Å². The highest BCUT2D eigenvalue weighted by Gasteiger charge is 2.13. The van der Waals surface area contributed by atoms with E-state index in [0.717, 1.165) is 39.0 Å². The highest BCUT2D eigenvalue weighted by molar-refractivity contribution is 7.13. The van der Waals surface area contributed by atoms with Crippen molar-refractivity contribution in [3.05, 3.63) is 71.5 Å². The van der Waals surface area contributed by atoms with E-state index < -0.39 is 0 Å². The third-order valence-electron chi connectivity index (χ3n) is 3.77. The topological polar surface area (TPSA) is 41.6 Å². The Bertz CT molecular complexity index is 972. The lowest BCUT2D eigenvalue weighted by molar-refractivity contribution is 0.628. The first-order valence-electron chi connectivity index (χ1n) is 7.54. The highest BCUT2D eigenvalue weighted by atomic mass is 32.1. The summed E-state index contributed by atoms with van der Waals surface area (Å²) in [6.07, 6.45) is 0. The lowest BCUT2D eigenvalue weighted by Crippen LogP contribution is -1.82. The van der Waals surface area contributed by atoms with E-state index >= 15 is 0 Å². The first-order chi connectivity index (χ1) is 11.7. The molecule has 4 rings (SSSR count). The van der Waals surface area contributed by atoms with Gasteiger partial charge in [0.15, 0.2) is 5.82 Å². The number of H-pyrrole nitrogens is 1. The van der Waals surface area contributed by atoms with E-state index in [1.165, 1.54) is 23.5 Å². The summed E-state index contributed by atoms with van der Waals surface area (Å²) in [5.41, 5.74) is 4.71. The van der Waals surface area contributed by atoms with E-state index in [1.807, 2.05) is 42.6 Å². The molecule has 0 amide bonds. The summed E-state index contributed by atoms with van der Waals surface area (Å²) in [6.45, 7) is 2.01. The summed E-state index contributed by atoms with van der Waals surface area (Å²) in [4.78, 5) is 12.6. The van der Waals surface area contributed by atoms with Crippen molar-refractivity contribution in [2.75, 3.05) is 0 Å². The van der Waals surface area contributed by atoms with E-state index in [0.29, 0.717) is 0 Å². The molecule has 0 fully saturated rings. The lowest BCUT2D eigenvalue weighted by atomic mass is 10.1. The summed E-state index contributed by atoms with van der Waals surface area (Å²) in [5, 5.41) is 2.81. The van der Waals surface area contributed by atoms with Crippen molar-refractivity contribution >= 4 is 11.3 Å². The molecule has 0 saturated heterocycles. The summed E-state index contributed by atoms with van der Waals surface area (Å²) in [7, 11) is 0. The average Bonchev–Trinajstić information content (AvgIpc) is 3.23. The third-order valence-corrected chi connectivity index (χ3v) is 4.66. The van der Waals surface area contributed by atoms with Crippen LogP contribution in [0, 0.1) is 12.7 Å². The van der Waals surface area contributed by atoms with Gasteiger partial charge in [0, 0.05) is 22.2 Å². The molecule has 4 aromatic rings. The molecule has 2 heterocycles. The zero-order valence-corrected chi connectivity index (χ0v) is 13.8. The largest absolute Gasteiger partial charge is 0.340 e. The van der Waals surface area contributed by atoms with Crippen LogP contribution >= 0.6 is 11.3 Å². The van der Waals surface area contributed by atoms with Gasteiger partial charge < -0.3 is 4.98 Å². The van der Waals surface area contributed by atoms with Crippen molar-refractivity contribution in [2.45, 2.75) is 6.92 Å². The highest BCUT2D eigenvalue weighted by Crippen LogP contribution is 2.30. The Morgan fingerprint density at radius 2 is 1.67 bits per heavy atom. The maximum absolute atomic E-state index is 13.0. The Labute approximate surface area is 142 Å². The van der Waals surface area contributed by atoms with E-state index in [4.69, 9.17) is 4.98 Å². The van der Waals surface area contributed by atoms with Gasteiger partial charge in [0.1, 0.15) is 16.5 Å². The van der Waals surface area contributed by atoms with Crippen LogP contribution in [0.4, 0.5) is 4.39 Å². The Balaban J connectivity index is 1.69. The standard InChI is InChI=1S/C19H14FN3S/c1-12-17(13-5-3-2-4-6-13)23-18(21-12)16-11-24-19(22-16)14-7-9-15(20)10-8-14/h2-11H,1H3,(H,21,23). The second-order valence-electron chi connectivity index (χ2n) is 5.47. The van der Waals surface area contributed by atoms with E-state index in [9.17, 15) is 4.39 Å². The van der Waals surface area contributed by atoms with Crippen LogP contribution in [-0.4, -0.2) is 15.0 Å². The van der Waals surface area contributed by atoms with Gasteiger partial charge in [0.2, 0.25) is 0 Å². The van der Waals surface area contributed by atoms with Crippen LogP contribution in [-0.2, 0) is 0 Å². The van der Waals surface area contributed by atoms with Crippen molar-refractivity contribution in [3.8, 4) is 33.3 Å². The molecule has 0 unspecified atom stereocenters. The number of aryl methyl sites for hydroxylation is 1. The second kappa shape index (κ2) is 6.02. The van der Waals surface area contributed by atoms with E-state index in [1.54, 1.807) is 12.1 Å². The monoisotopic (exact) mass is 335 g/mol. The maximum atomic E-state index is 13.0. The van der Waals surface area contributed by atoms with Crippen molar-refractivity contribution < 1.29 is 4.39 Å². The fraction of sp³-hybridized carbons (Fsp3) is 0.0526. The average molecular weight is 335 g/mol. The van der Waals surface area contributed by atoms with Gasteiger partial charge in [-0.2, -0.15) is 0 Å². The molecular weight excluding hydrogens is 321 g/mol. The predicted molar refractivity (Wildman–Crippen MR) is 95.3 cm³/mol. The van der Waals surface area contributed by atoms with Crippen LogP contribution in [0.25, 0.3) is 33.3 Å². The van der Waals surface area contributed by atoms with Gasteiger partial charge >= 0.3 is 0 Å². The minimum absolute atomic E-state index is 0.246. The number of hydrogen-bond donors (Lipinski definition) is 1. The molecule has 0 spiro atoms. The summed E-state index contributed by atoms with van der Waals surface area (Å²) in [5.74, 6) is 0.501. The molecule has 0 atom stereocenters. The number of aromatic nitrogens is 3. The molecule has 0 aliphatic heterocycles. The molecule has 24 heavy (non-hydrogen) atoms. The van der Waals surface area contributed by atoms with Crippen molar-refractivity contribution in [3.63, 3.8) is 0 Å². The van der Waals surface area contributed by atoms with Gasteiger partial charge in [-0.15, -0.1) is 11.3 Å². The molecule has 5 heteroatoms. The quantitative estimate of drug-likeness (QED) is 0.551. The van der Waals surface area contributed by atoms with Crippen LogP contribution in [0.1, 0.15) is 5.69 Å². The Morgan fingerprint density at radius 1 is 0.917 bits per heavy atom. The van der Waals surface area contributed by atoms with E-state index in [-0.39, 0.29) is 5.82 Å². The maximum Gasteiger partial charge on any atom is 0.157 e. The first kappa shape index (κ1) is 14.8. The fourth-order valence-electron chi connectivity index (χ4n) is 2.57. The minimum atomic E-state index is -0.246. The van der Waals surface area contributed by atoms with Gasteiger partial charge in [-0.05, 0) is 31.2 Å². The molecule has 2 aromatic carbocycles. The SMILES string of the molecule is Cc1[nH]c(-c2csc(-c3ccc(F)cc3)n2)nc1-c1ccccc1. The normalized spacial score (nSPS) is 10.9. The molecule has 1 N–H and O–H groups in total.